The first-order valence-corrected chi connectivity index (χ1v) is 12.3. The predicted octanol–water partition coefficient (Wildman–Crippen LogP) is 4.79. The lowest BCUT2D eigenvalue weighted by Crippen LogP contribution is -2.50. The Kier molecular flexibility index (Phi) is 4.51. The predicted molar refractivity (Wildman–Crippen MR) is 110 cm³/mol. The van der Waals surface area contributed by atoms with Crippen LogP contribution in [0, 0.1) is 46.3 Å². The van der Waals surface area contributed by atoms with Crippen LogP contribution >= 0.6 is 0 Å². The van der Waals surface area contributed by atoms with Gasteiger partial charge in [0.05, 0.1) is 13.2 Å². The van der Waals surface area contributed by atoms with Crippen LogP contribution in [0.2, 0.25) is 0 Å². The fourth-order valence-corrected chi connectivity index (χ4v) is 9.55. The molecule has 0 spiro atoms. The summed E-state index contributed by atoms with van der Waals surface area (Å²) >= 11 is 0. The molecule has 8 aliphatic carbocycles. The highest BCUT2D eigenvalue weighted by Gasteiger charge is 2.52. The molecule has 8 fully saturated rings. The highest BCUT2D eigenvalue weighted by Crippen LogP contribution is 2.61. The van der Waals surface area contributed by atoms with Crippen LogP contribution in [0.25, 0.3) is 0 Å². The Morgan fingerprint density at radius 1 is 0.567 bits per heavy atom. The van der Waals surface area contributed by atoms with Crippen LogP contribution in [0.1, 0.15) is 77.0 Å². The molecule has 0 radical (unpaired) electrons. The summed E-state index contributed by atoms with van der Waals surface area (Å²) < 4.78 is 11.1. The number of hydrogen-bond donors (Lipinski definition) is 2. The SMILES string of the molecule is O=C(NNC(=O)OCC12CC3CC(CC(C3)C1)C2)OCC12CC3CC(CC(C3)C1)C2. The van der Waals surface area contributed by atoms with Gasteiger partial charge in [-0.05, 0) is 113 Å². The summed E-state index contributed by atoms with van der Waals surface area (Å²) in [6, 6.07) is 0. The number of carbonyl (C=O) groups excluding carboxylic acids is 2. The molecule has 0 heterocycles. The van der Waals surface area contributed by atoms with Crippen LogP contribution in [-0.2, 0) is 9.47 Å². The van der Waals surface area contributed by atoms with Crippen LogP contribution in [0.15, 0.2) is 0 Å². The van der Waals surface area contributed by atoms with Gasteiger partial charge in [-0.25, -0.2) is 20.4 Å². The molecule has 2 amide bonds. The van der Waals surface area contributed by atoms with Gasteiger partial charge in [-0.15, -0.1) is 0 Å². The third kappa shape index (κ3) is 3.58. The summed E-state index contributed by atoms with van der Waals surface area (Å²) in [6.07, 6.45) is 14.3. The van der Waals surface area contributed by atoms with Crippen molar-refractivity contribution in [2.75, 3.05) is 13.2 Å². The van der Waals surface area contributed by atoms with Crippen molar-refractivity contribution in [1.82, 2.24) is 10.9 Å². The summed E-state index contributed by atoms with van der Waals surface area (Å²) in [5, 5.41) is 0. The van der Waals surface area contributed by atoms with Crippen LogP contribution in [-0.4, -0.2) is 25.4 Å². The topological polar surface area (TPSA) is 76.7 Å². The molecule has 8 aliphatic rings. The van der Waals surface area contributed by atoms with Crippen molar-refractivity contribution in [3.63, 3.8) is 0 Å². The second kappa shape index (κ2) is 7.03. The maximum absolute atomic E-state index is 12.2. The Bertz CT molecular complexity index is 589. The molecule has 166 valence electrons. The molecule has 0 aliphatic heterocycles. The summed E-state index contributed by atoms with van der Waals surface area (Å²) in [4.78, 5) is 24.3. The zero-order chi connectivity index (χ0) is 20.3. The van der Waals surface area contributed by atoms with Gasteiger partial charge in [-0.1, -0.05) is 0 Å². The molecule has 0 aromatic rings. The number of hydrazine groups is 1. The maximum Gasteiger partial charge on any atom is 0.426 e. The van der Waals surface area contributed by atoms with Gasteiger partial charge in [0.1, 0.15) is 0 Å². The summed E-state index contributed by atoms with van der Waals surface area (Å²) in [5.74, 6) is 5.00. The zero-order valence-electron chi connectivity index (χ0n) is 18.0. The standard InChI is InChI=1S/C24H36N2O4/c27-21(29-13-23-7-15-1-16(8-23)3-17(2-15)9-23)25-26-22(28)30-14-24-10-18-4-19(11-24)6-20(5-18)12-24/h15-20H,1-14H2,(H,25,27)(H,26,28). The fourth-order valence-electron chi connectivity index (χ4n) is 9.55. The largest absolute Gasteiger partial charge is 0.448 e. The van der Waals surface area contributed by atoms with Gasteiger partial charge in [-0.3, -0.25) is 0 Å². The highest BCUT2D eigenvalue weighted by atomic mass is 16.6. The van der Waals surface area contributed by atoms with E-state index in [1.165, 1.54) is 77.0 Å². The summed E-state index contributed by atoms with van der Waals surface area (Å²) in [5.41, 5.74) is 5.15. The minimum absolute atomic E-state index is 0.186. The molecule has 8 bridgehead atoms. The smallest absolute Gasteiger partial charge is 0.426 e. The van der Waals surface area contributed by atoms with Gasteiger partial charge in [0.2, 0.25) is 0 Å². The molecule has 8 saturated carbocycles. The average molecular weight is 417 g/mol. The van der Waals surface area contributed by atoms with E-state index in [-0.39, 0.29) is 10.8 Å². The van der Waals surface area contributed by atoms with Crippen molar-refractivity contribution < 1.29 is 19.1 Å². The van der Waals surface area contributed by atoms with Gasteiger partial charge in [0.15, 0.2) is 0 Å². The first kappa shape index (κ1) is 19.2. The fraction of sp³-hybridized carbons (Fsp3) is 0.917. The minimum atomic E-state index is -0.572. The molecule has 0 atom stereocenters. The van der Waals surface area contributed by atoms with Crippen molar-refractivity contribution in [1.29, 1.82) is 0 Å². The summed E-state index contributed by atoms with van der Waals surface area (Å²) in [7, 11) is 0. The lowest BCUT2D eigenvalue weighted by atomic mass is 9.50. The van der Waals surface area contributed by atoms with E-state index < -0.39 is 12.2 Å². The zero-order valence-corrected chi connectivity index (χ0v) is 18.0. The maximum atomic E-state index is 12.2. The van der Waals surface area contributed by atoms with Crippen LogP contribution in [0.3, 0.4) is 0 Å². The second-order valence-corrected chi connectivity index (χ2v) is 12.2. The van der Waals surface area contributed by atoms with E-state index >= 15 is 0 Å². The van der Waals surface area contributed by atoms with E-state index in [9.17, 15) is 9.59 Å². The lowest BCUT2D eigenvalue weighted by molar-refractivity contribution is -0.0839. The Hall–Kier alpha value is -1.46. The molecule has 6 heteroatoms. The van der Waals surface area contributed by atoms with E-state index in [1.807, 2.05) is 0 Å². The Labute approximate surface area is 179 Å². The number of amides is 2. The molecule has 8 rings (SSSR count). The Morgan fingerprint density at radius 3 is 1.10 bits per heavy atom. The quantitative estimate of drug-likeness (QED) is 0.646. The average Bonchev–Trinajstić information content (AvgIpc) is 2.67. The van der Waals surface area contributed by atoms with E-state index in [2.05, 4.69) is 10.9 Å². The summed E-state index contributed by atoms with van der Waals surface area (Å²) in [6.45, 7) is 0.957. The third-order valence-electron chi connectivity index (χ3n) is 9.62. The number of carbonyl (C=O) groups is 2. The molecule has 0 aromatic carbocycles. The number of ether oxygens (including phenoxy) is 2. The molecule has 30 heavy (non-hydrogen) atoms. The molecule has 0 saturated heterocycles. The van der Waals surface area contributed by atoms with E-state index in [0.29, 0.717) is 13.2 Å². The molecule has 0 unspecified atom stereocenters. The van der Waals surface area contributed by atoms with Crippen LogP contribution in [0.5, 0.6) is 0 Å². The lowest BCUT2D eigenvalue weighted by Gasteiger charge is -2.56. The van der Waals surface area contributed by atoms with Gasteiger partial charge in [0, 0.05) is 10.8 Å². The van der Waals surface area contributed by atoms with Crippen molar-refractivity contribution in [3.05, 3.63) is 0 Å². The van der Waals surface area contributed by atoms with Gasteiger partial charge >= 0.3 is 12.2 Å². The first-order valence-electron chi connectivity index (χ1n) is 12.3. The van der Waals surface area contributed by atoms with Gasteiger partial charge in [0.25, 0.3) is 0 Å². The van der Waals surface area contributed by atoms with Crippen molar-refractivity contribution in [2.45, 2.75) is 77.0 Å². The molecule has 6 nitrogen and oxygen atoms in total. The molecular weight excluding hydrogens is 380 g/mol. The van der Waals surface area contributed by atoms with E-state index in [4.69, 9.17) is 9.47 Å². The number of nitrogens with one attached hydrogen (secondary N) is 2. The Balaban J connectivity index is 0.938. The molecule has 0 aromatic heterocycles. The monoisotopic (exact) mass is 416 g/mol. The van der Waals surface area contributed by atoms with Crippen LogP contribution in [0.4, 0.5) is 9.59 Å². The van der Waals surface area contributed by atoms with Crippen LogP contribution < -0.4 is 10.9 Å². The first-order chi connectivity index (χ1) is 14.5. The molecule has 2 N–H and O–H groups in total. The third-order valence-corrected chi connectivity index (χ3v) is 9.62. The van der Waals surface area contributed by atoms with Gasteiger partial charge in [-0.2, -0.15) is 0 Å². The van der Waals surface area contributed by atoms with Crippen molar-refractivity contribution in [3.8, 4) is 0 Å². The molecular formula is C24H36N2O4. The van der Waals surface area contributed by atoms with Crippen molar-refractivity contribution >= 4 is 12.2 Å². The number of hydrogen-bond acceptors (Lipinski definition) is 4. The van der Waals surface area contributed by atoms with E-state index in [1.54, 1.807) is 0 Å². The van der Waals surface area contributed by atoms with Gasteiger partial charge < -0.3 is 9.47 Å². The minimum Gasteiger partial charge on any atom is -0.448 e. The number of rotatable bonds is 4. The highest BCUT2D eigenvalue weighted by molar-refractivity contribution is 5.73. The normalized spacial score (nSPS) is 47.2. The second-order valence-electron chi connectivity index (χ2n) is 12.2. The van der Waals surface area contributed by atoms with Crippen molar-refractivity contribution in [2.24, 2.45) is 46.3 Å². The Morgan fingerprint density at radius 2 is 0.833 bits per heavy atom. The van der Waals surface area contributed by atoms with E-state index in [0.717, 1.165) is 35.5 Å².